The molecule has 0 radical (unpaired) electrons. The van der Waals surface area contributed by atoms with E-state index in [0.29, 0.717) is 25.1 Å². The first-order valence-corrected chi connectivity index (χ1v) is 7.52. The van der Waals surface area contributed by atoms with Crippen molar-refractivity contribution in [2.24, 2.45) is 5.92 Å². The summed E-state index contributed by atoms with van der Waals surface area (Å²) in [6, 6.07) is 3.02. The number of likely N-dealkylation sites (N-methyl/N-ethyl adjacent to an activating group) is 1. The topological polar surface area (TPSA) is 97.5 Å². The van der Waals surface area contributed by atoms with Crippen molar-refractivity contribution in [3.63, 3.8) is 0 Å². The number of rotatable bonds is 6. The van der Waals surface area contributed by atoms with E-state index in [1.807, 2.05) is 19.0 Å². The zero-order valence-electron chi connectivity index (χ0n) is 13.0. The van der Waals surface area contributed by atoms with Gasteiger partial charge in [0.15, 0.2) is 0 Å². The SMILES string of the molecule is CN(C)CCNC(=O)[C@H]1C[C@H](NC(=O)c2ccc[nH]2)[C@@H](O)C1. The summed E-state index contributed by atoms with van der Waals surface area (Å²) in [4.78, 5) is 28.9. The molecule has 1 heterocycles. The highest BCUT2D eigenvalue weighted by Gasteiger charge is 2.37. The third-order valence-electron chi connectivity index (χ3n) is 3.92. The van der Waals surface area contributed by atoms with Gasteiger partial charge in [-0.15, -0.1) is 0 Å². The molecule has 0 spiro atoms. The van der Waals surface area contributed by atoms with Crippen LogP contribution >= 0.6 is 0 Å². The summed E-state index contributed by atoms with van der Waals surface area (Å²) >= 11 is 0. The van der Waals surface area contributed by atoms with Gasteiger partial charge < -0.3 is 25.6 Å². The lowest BCUT2D eigenvalue weighted by Gasteiger charge is -2.16. The Bertz CT molecular complexity index is 501. The fourth-order valence-electron chi connectivity index (χ4n) is 2.65. The van der Waals surface area contributed by atoms with Crippen molar-refractivity contribution in [1.82, 2.24) is 20.5 Å². The number of nitrogens with zero attached hydrogens (tertiary/aromatic N) is 1. The Labute approximate surface area is 130 Å². The molecule has 1 aliphatic carbocycles. The van der Waals surface area contributed by atoms with Crippen molar-refractivity contribution in [2.45, 2.75) is 25.0 Å². The van der Waals surface area contributed by atoms with Crippen LogP contribution < -0.4 is 10.6 Å². The molecule has 4 N–H and O–H groups in total. The number of nitrogens with one attached hydrogen (secondary N) is 3. The molecule has 1 aromatic heterocycles. The molecule has 22 heavy (non-hydrogen) atoms. The van der Waals surface area contributed by atoms with E-state index in [-0.39, 0.29) is 23.8 Å². The van der Waals surface area contributed by atoms with Gasteiger partial charge in [-0.2, -0.15) is 0 Å². The number of carbonyl (C=O) groups excluding carboxylic acids is 2. The van der Waals surface area contributed by atoms with Crippen molar-refractivity contribution < 1.29 is 14.7 Å². The highest BCUT2D eigenvalue weighted by atomic mass is 16.3. The third-order valence-corrected chi connectivity index (χ3v) is 3.92. The second-order valence-corrected chi connectivity index (χ2v) is 5.99. The Morgan fingerprint density at radius 3 is 2.82 bits per heavy atom. The van der Waals surface area contributed by atoms with E-state index in [1.165, 1.54) is 0 Å². The zero-order valence-corrected chi connectivity index (χ0v) is 13.0. The van der Waals surface area contributed by atoms with Crippen LogP contribution in [0.25, 0.3) is 0 Å². The Hall–Kier alpha value is -1.86. The summed E-state index contributed by atoms with van der Waals surface area (Å²) < 4.78 is 0. The number of amides is 2. The maximum absolute atomic E-state index is 12.1. The summed E-state index contributed by atoms with van der Waals surface area (Å²) in [6.45, 7) is 1.35. The number of H-pyrrole nitrogens is 1. The molecule has 3 atom stereocenters. The van der Waals surface area contributed by atoms with Crippen LogP contribution in [0.4, 0.5) is 0 Å². The monoisotopic (exact) mass is 308 g/mol. The fraction of sp³-hybridized carbons (Fsp3) is 0.600. The first-order valence-electron chi connectivity index (χ1n) is 7.52. The molecule has 122 valence electrons. The molecule has 0 aromatic carbocycles. The minimum Gasteiger partial charge on any atom is -0.391 e. The molecule has 1 fully saturated rings. The average molecular weight is 308 g/mol. The molecular weight excluding hydrogens is 284 g/mol. The normalized spacial score (nSPS) is 24.5. The maximum Gasteiger partial charge on any atom is 0.267 e. The summed E-state index contributed by atoms with van der Waals surface area (Å²) in [7, 11) is 3.88. The van der Waals surface area contributed by atoms with Crippen LogP contribution in [-0.2, 0) is 4.79 Å². The summed E-state index contributed by atoms with van der Waals surface area (Å²) in [5.74, 6) is -0.577. The van der Waals surface area contributed by atoms with Gasteiger partial charge in [-0.3, -0.25) is 9.59 Å². The standard InChI is InChI=1S/C15H24N4O3/c1-19(2)7-6-17-14(21)10-8-12(13(20)9-10)18-15(22)11-4-3-5-16-11/h3-5,10,12-13,16,20H,6-9H2,1-2H3,(H,17,21)(H,18,22)/t10-,12-,13-/m0/s1. The maximum atomic E-state index is 12.1. The first-order chi connectivity index (χ1) is 10.5. The number of hydrogen-bond acceptors (Lipinski definition) is 4. The number of aliphatic hydroxyl groups excluding tert-OH is 1. The number of aliphatic hydroxyl groups is 1. The quantitative estimate of drug-likeness (QED) is 0.573. The molecule has 1 aliphatic rings. The minimum atomic E-state index is -0.691. The number of aromatic nitrogens is 1. The molecule has 7 nitrogen and oxygen atoms in total. The second-order valence-electron chi connectivity index (χ2n) is 5.99. The smallest absolute Gasteiger partial charge is 0.267 e. The van der Waals surface area contributed by atoms with Gasteiger partial charge in [0.1, 0.15) is 5.69 Å². The van der Waals surface area contributed by atoms with E-state index >= 15 is 0 Å². The van der Waals surface area contributed by atoms with Crippen molar-refractivity contribution in [3.8, 4) is 0 Å². The lowest BCUT2D eigenvalue weighted by atomic mass is 10.1. The lowest BCUT2D eigenvalue weighted by molar-refractivity contribution is -0.125. The molecule has 0 bridgehead atoms. The predicted octanol–water partition coefficient (Wildman–Crippen LogP) is -0.438. The highest BCUT2D eigenvalue weighted by molar-refractivity contribution is 5.92. The second kappa shape index (κ2) is 7.42. The molecule has 2 amide bonds. The van der Waals surface area contributed by atoms with Crippen LogP contribution in [0.2, 0.25) is 0 Å². The predicted molar refractivity (Wildman–Crippen MR) is 82.3 cm³/mol. The van der Waals surface area contributed by atoms with Gasteiger partial charge in [-0.25, -0.2) is 0 Å². The van der Waals surface area contributed by atoms with Crippen LogP contribution in [-0.4, -0.2) is 66.1 Å². The van der Waals surface area contributed by atoms with Crippen molar-refractivity contribution in [3.05, 3.63) is 24.0 Å². The average Bonchev–Trinajstić information content (AvgIpc) is 3.09. The Kier molecular flexibility index (Phi) is 5.57. The van der Waals surface area contributed by atoms with E-state index in [2.05, 4.69) is 15.6 Å². The largest absolute Gasteiger partial charge is 0.391 e. The first kappa shape index (κ1) is 16.5. The molecule has 0 saturated heterocycles. The van der Waals surface area contributed by atoms with Crippen molar-refractivity contribution in [2.75, 3.05) is 27.2 Å². The van der Waals surface area contributed by atoms with Gasteiger partial charge in [0, 0.05) is 25.2 Å². The number of carbonyl (C=O) groups is 2. The van der Waals surface area contributed by atoms with Crippen molar-refractivity contribution >= 4 is 11.8 Å². The van der Waals surface area contributed by atoms with Gasteiger partial charge in [0.05, 0.1) is 12.1 Å². The van der Waals surface area contributed by atoms with E-state index in [1.54, 1.807) is 18.3 Å². The summed E-state index contributed by atoms with van der Waals surface area (Å²) in [5, 5.41) is 15.7. The number of aromatic amines is 1. The molecule has 0 aliphatic heterocycles. The molecule has 1 aromatic rings. The third kappa shape index (κ3) is 4.32. The number of hydrogen-bond donors (Lipinski definition) is 4. The van der Waals surface area contributed by atoms with Crippen LogP contribution in [0.15, 0.2) is 18.3 Å². The molecule has 1 saturated carbocycles. The van der Waals surface area contributed by atoms with Gasteiger partial charge in [0.25, 0.3) is 5.91 Å². The van der Waals surface area contributed by atoms with Gasteiger partial charge >= 0.3 is 0 Å². The fourth-order valence-corrected chi connectivity index (χ4v) is 2.65. The summed E-state index contributed by atoms with van der Waals surface area (Å²) in [5.41, 5.74) is 0.450. The zero-order chi connectivity index (χ0) is 16.1. The molecular formula is C15H24N4O3. The molecule has 0 unspecified atom stereocenters. The van der Waals surface area contributed by atoms with E-state index < -0.39 is 6.10 Å². The van der Waals surface area contributed by atoms with Crippen LogP contribution in [0.3, 0.4) is 0 Å². The van der Waals surface area contributed by atoms with Gasteiger partial charge in [-0.1, -0.05) is 0 Å². The van der Waals surface area contributed by atoms with Crippen LogP contribution in [0.5, 0.6) is 0 Å². The minimum absolute atomic E-state index is 0.0578. The molecule has 7 heteroatoms. The van der Waals surface area contributed by atoms with E-state index in [0.717, 1.165) is 6.54 Å². The summed E-state index contributed by atoms with van der Waals surface area (Å²) in [6.07, 6.45) is 1.81. The van der Waals surface area contributed by atoms with Crippen molar-refractivity contribution in [1.29, 1.82) is 0 Å². The Balaban J connectivity index is 1.81. The van der Waals surface area contributed by atoms with E-state index in [9.17, 15) is 14.7 Å². The van der Waals surface area contributed by atoms with Crippen LogP contribution in [0.1, 0.15) is 23.3 Å². The highest BCUT2D eigenvalue weighted by Crippen LogP contribution is 2.26. The van der Waals surface area contributed by atoms with E-state index in [4.69, 9.17) is 0 Å². The van der Waals surface area contributed by atoms with Gasteiger partial charge in [-0.05, 0) is 39.1 Å². The molecule has 2 rings (SSSR count). The Morgan fingerprint density at radius 1 is 1.41 bits per heavy atom. The van der Waals surface area contributed by atoms with Gasteiger partial charge in [0.2, 0.25) is 5.91 Å². The lowest BCUT2D eigenvalue weighted by Crippen LogP contribution is -2.40. The van der Waals surface area contributed by atoms with Crippen LogP contribution in [0, 0.1) is 5.92 Å². The Morgan fingerprint density at radius 2 is 2.18 bits per heavy atom.